The molecule has 0 bridgehead atoms. The van der Waals surface area contributed by atoms with Crippen LogP contribution in [-0.4, -0.2) is 29.5 Å². The van der Waals surface area contributed by atoms with Crippen LogP contribution in [0.3, 0.4) is 0 Å². The first-order valence-electron chi connectivity index (χ1n) is 6.72. The van der Waals surface area contributed by atoms with Crippen LogP contribution in [-0.2, 0) is 20.7 Å². The molecule has 1 amide bonds. The number of nitrogens with one attached hydrogen (secondary N) is 1. The van der Waals surface area contributed by atoms with E-state index in [0.29, 0.717) is 6.61 Å². The fraction of sp³-hybridized carbons (Fsp3) is 0.615. The van der Waals surface area contributed by atoms with Gasteiger partial charge in [-0.3, -0.25) is 9.59 Å². The maximum absolute atomic E-state index is 11.8. The van der Waals surface area contributed by atoms with Crippen LogP contribution < -0.4 is 11.1 Å². The monoisotopic (exact) mass is 297 g/mol. The lowest BCUT2D eigenvalue weighted by molar-refractivity contribution is -0.145. The molecular formula is C13H19N3O3S. The molecule has 0 radical (unpaired) electrons. The van der Waals surface area contributed by atoms with Crippen LogP contribution >= 0.6 is 11.3 Å². The number of anilines is 1. The van der Waals surface area contributed by atoms with Crippen LogP contribution in [0.25, 0.3) is 0 Å². The summed E-state index contributed by atoms with van der Waals surface area (Å²) in [6.07, 6.45) is 1.87. The number of primary amides is 1. The maximum atomic E-state index is 11.8. The number of carbonyl (C=O) groups is 2. The van der Waals surface area contributed by atoms with E-state index in [9.17, 15) is 9.59 Å². The molecule has 1 aliphatic carbocycles. The maximum Gasteiger partial charge on any atom is 0.315 e. The number of aryl methyl sites for hydroxylation is 1. The van der Waals surface area contributed by atoms with E-state index in [4.69, 9.17) is 10.5 Å². The first-order valence-corrected chi connectivity index (χ1v) is 7.54. The van der Waals surface area contributed by atoms with Crippen molar-refractivity contribution in [1.82, 2.24) is 4.98 Å². The summed E-state index contributed by atoms with van der Waals surface area (Å²) in [5.74, 6) is -0.796. The van der Waals surface area contributed by atoms with Gasteiger partial charge >= 0.3 is 5.97 Å². The Morgan fingerprint density at radius 3 is 3.00 bits per heavy atom. The minimum atomic E-state index is -0.349. The Morgan fingerprint density at radius 2 is 2.35 bits per heavy atom. The Morgan fingerprint density at radius 1 is 1.60 bits per heavy atom. The van der Waals surface area contributed by atoms with Crippen molar-refractivity contribution in [1.29, 1.82) is 0 Å². The zero-order valence-electron chi connectivity index (χ0n) is 11.6. The summed E-state index contributed by atoms with van der Waals surface area (Å²) in [5.41, 5.74) is 5.98. The molecule has 3 N–H and O–H groups in total. The van der Waals surface area contributed by atoms with Crippen molar-refractivity contribution in [3.63, 3.8) is 0 Å². The summed E-state index contributed by atoms with van der Waals surface area (Å²) in [6, 6.07) is -0.0696. The molecule has 2 rings (SSSR count). The lowest BCUT2D eigenvalue weighted by Crippen LogP contribution is -2.24. The van der Waals surface area contributed by atoms with Gasteiger partial charge in [0.2, 0.25) is 5.91 Å². The second kappa shape index (κ2) is 6.21. The molecule has 1 aromatic rings. The average molecular weight is 297 g/mol. The van der Waals surface area contributed by atoms with Crippen LogP contribution in [0.2, 0.25) is 0 Å². The second-order valence-electron chi connectivity index (χ2n) is 4.89. The van der Waals surface area contributed by atoms with Crippen molar-refractivity contribution in [2.45, 2.75) is 45.1 Å². The lowest BCUT2D eigenvalue weighted by Gasteiger charge is -2.11. The van der Waals surface area contributed by atoms with Crippen LogP contribution in [0.5, 0.6) is 0 Å². The van der Waals surface area contributed by atoms with E-state index in [1.807, 2.05) is 6.92 Å². The van der Waals surface area contributed by atoms with Gasteiger partial charge in [0.05, 0.1) is 12.3 Å². The second-order valence-corrected chi connectivity index (χ2v) is 5.97. The van der Waals surface area contributed by atoms with E-state index in [-0.39, 0.29) is 30.3 Å². The summed E-state index contributed by atoms with van der Waals surface area (Å²) < 4.78 is 5.07. The number of amides is 1. The first-order chi connectivity index (χ1) is 9.51. The van der Waals surface area contributed by atoms with Crippen LogP contribution in [0.1, 0.15) is 43.2 Å². The van der Waals surface area contributed by atoms with Crippen molar-refractivity contribution in [2.24, 2.45) is 5.73 Å². The highest BCUT2D eigenvalue weighted by Gasteiger charge is 2.33. The smallest absolute Gasteiger partial charge is 0.315 e. The summed E-state index contributed by atoms with van der Waals surface area (Å²) in [6.45, 7) is 4.06. The van der Waals surface area contributed by atoms with Gasteiger partial charge in [0.25, 0.3) is 0 Å². The van der Waals surface area contributed by atoms with Gasteiger partial charge in [0, 0.05) is 17.3 Å². The van der Waals surface area contributed by atoms with Crippen molar-refractivity contribution in [3.05, 3.63) is 10.6 Å². The van der Waals surface area contributed by atoms with E-state index in [1.54, 1.807) is 6.92 Å². The van der Waals surface area contributed by atoms with E-state index in [2.05, 4.69) is 10.3 Å². The number of nitrogens with two attached hydrogens (primary N) is 1. The number of fused-ring (bicyclic) bond motifs is 1. The molecule has 2 unspecified atom stereocenters. The van der Waals surface area contributed by atoms with Gasteiger partial charge in [0.15, 0.2) is 5.13 Å². The van der Waals surface area contributed by atoms with E-state index in [1.165, 1.54) is 11.3 Å². The molecule has 0 saturated carbocycles. The average Bonchev–Trinajstić information content (AvgIpc) is 2.86. The number of carbonyl (C=O) groups excluding carboxylic acids is 2. The molecule has 110 valence electrons. The number of rotatable bonds is 6. The zero-order valence-corrected chi connectivity index (χ0v) is 12.5. The Bertz CT molecular complexity index is 515. The minimum absolute atomic E-state index is 0.0696. The molecular weight excluding hydrogens is 278 g/mol. The van der Waals surface area contributed by atoms with Gasteiger partial charge in [-0.15, -0.1) is 11.3 Å². The lowest BCUT2D eigenvalue weighted by atomic mass is 10.1. The fourth-order valence-corrected chi connectivity index (χ4v) is 3.47. The number of thiazole rings is 1. The third-order valence-electron chi connectivity index (χ3n) is 3.17. The number of hydrogen-bond donors (Lipinski definition) is 2. The third kappa shape index (κ3) is 3.27. The molecule has 20 heavy (non-hydrogen) atoms. The molecule has 0 saturated heterocycles. The quantitative estimate of drug-likeness (QED) is 0.774. The summed E-state index contributed by atoms with van der Waals surface area (Å²) in [4.78, 5) is 28.3. The predicted molar refractivity (Wildman–Crippen MR) is 76.7 cm³/mol. The molecule has 1 aromatic heterocycles. The van der Waals surface area contributed by atoms with Crippen molar-refractivity contribution < 1.29 is 14.3 Å². The van der Waals surface area contributed by atoms with Crippen molar-refractivity contribution >= 4 is 28.3 Å². The summed E-state index contributed by atoms with van der Waals surface area (Å²) >= 11 is 1.53. The normalized spacial score (nSPS) is 18.4. The van der Waals surface area contributed by atoms with Crippen molar-refractivity contribution in [3.8, 4) is 0 Å². The molecule has 0 aromatic carbocycles. The Balaban J connectivity index is 2.04. The molecule has 0 spiro atoms. The zero-order chi connectivity index (χ0) is 14.7. The van der Waals surface area contributed by atoms with Crippen molar-refractivity contribution in [2.75, 3.05) is 11.9 Å². The third-order valence-corrected chi connectivity index (χ3v) is 4.23. The van der Waals surface area contributed by atoms with Crippen LogP contribution in [0.15, 0.2) is 0 Å². The molecule has 1 aliphatic rings. The van der Waals surface area contributed by atoms with Gasteiger partial charge in [-0.25, -0.2) is 4.98 Å². The highest BCUT2D eigenvalue weighted by Crippen LogP contribution is 2.39. The topological polar surface area (TPSA) is 94.3 Å². The van der Waals surface area contributed by atoms with Crippen LogP contribution in [0.4, 0.5) is 5.13 Å². The SMILES string of the molecule is CCOC(=O)C1CCc2sc(NC(C)CC(N)=O)nc21. The van der Waals surface area contributed by atoms with E-state index in [0.717, 1.165) is 28.5 Å². The van der Waals surface area contributed by atoms with E-state index >= 15 is 0 Å². The Labute approximate surface area is 121 Å². The highest BCUT2D eigenvalue weighted by atomic mass is 32.1. The molecule has 2 atom stereocenters. The fourth-order valence-electron chi connectivity index (χ4n) is 2.32. The molecule has 6 nitrogen and oxygen atoms in total. The number of esters is 1. The molecule has 0 fully saturated rings. The summed E-state index contributed by atoms with van der Waals surface area (Å²) in [7, 11) is 0. The number of aromatic nitrogens is 1. The first kappa shape index (κ1) is 14.8. The van der Waals surface area contributed by atoms with Gasteiger partial charge in [-0.2, -0.15) is 0 Å². The number of nitrogens with zero attached hydrogens (tertiary/aromatic N) is 1. The van der Waals surface area contributed by atoms with Gasteiger partial charge in [-0.1, -0.05) is 0 Å². The molecule has 1 heterocycles. The van der Waals surface area contributed by atoms with Crippen LogP contribution in [0, 0.1) is 0 Å². The Kier molecular flexibility index (Phi) is 4.59. The minimum Gasteiger partial charge on any atom is -0.465 e. The largest absolute Gasteiger partial charge is 0.465 e. The van der Waals surface area contributed by atoms with E-state index < -0.39 is 0 Å². The number of hydrogen-bond acceptors (Lipinski definition) is 6. The van der Waals surface area contributed by atoms with Gasteiger partial charge in [0.1, 0.15) is 5.92 Å². The van der Waals surface area contributed by atoms with Gasteiger partial charge < -0.3 is 15.8 Å². The Hall–Kier alpha value is -1.63. The predicted octanol–water partition coefficient (Wildman–Crippen LogP) is 1.41. The molecule has 0 aliphatic heterocycles. The standard InChI is InChI=1S/C13H19N3O3S/c1-3-19-12(18)8-4-5-9-11(8)16-13(20-9)15-7(2)6-10(14)17/h7-8H,3-6H2,1-2H3,(H2,14,17)(H,15,16). The number of ether oxygens (including phenoxy) is 1. The molecule has 7 heteroatoms. The summed E-state index contributed by atoms with van der Waals surface area (Å²) in [5, 5.41) is 3.88. The van der Waals surface area contributed by atoms with Gasteiger partial charge in [-0.05, 0) is 26.7 Å². The highest BCUT2D eigenvalue weighted by molar-refractivity contribution is 7.15.